The molecule has 0 aliphatic carbocycles. The molecule has 1 fully saturated rings. The molecule has 1 aliphatic rings. The third-order valence-electron chi connectivity index (χ3n) is 4.01. The maximum absolute atomic E-state index is 12.5. The van der Waals surface area contributed by atoms with E-state index < -0.39 is 16.1 Å². The standard InChI is InChI=1S/C17H28N2O4S/c1-15(2)23-13-17(20)12-18-8-10-19(11-9-18)24(21,22)14-16-6-4-3-5-7-16/h3-7,15,17,20H,8-14H2,1-2H3. The van der Waals surface area contributed by atoms with Crippen LogP contribution in [0.25, 0.3) is 0 Å². The third kappa shape index (κ3) is 6.14. The molecule has 1 unspecified atom stereocenters. The predicted molar refractivity (Wildman–Crippen MR) is 94.2 cm³/mol. The second-order valence-corrected chi connectivity index (χ2v) is 8.45. The minimum Gasteiger partial charge on any atom is -0.389 e. The Labute approximate surface area is 145 Å². The van der Waals surface area contributed by atoms with E-state index in [-0.39, 0.29) is 11.9 Å². The molecule has 1 heterocycles. The maximum atomic E-state index is 12.5. The maximum Gasteiger partial charge on any atom is 0.218 e. The molecular weight excluding hydrogens is 328 g/mol. The first-order chi connectivity index (χ1) is 11.4. The van der Waals surface area contributed by atoms with Gasteiger partial charge in [0.15, 0.2) is 0 Å². The first kappa shape index (κ1) is 19.3. The van der Waals surface area contributed by atoms with E-state index >= 15 is 0 Å². The first-order valence-electron chi connectivity index (χ1n) is 8.40. The van der Waals surface area contributed by atoms with Crippen LogP contribution >= 0.6 is 0 Å². The number of β-amino-alcohol motifs (C(OH)–C–C–N with tert-alkyl or cyclic N) is 1. The Kier molecular flexibility index (Phi) is 7.18. The van der Waals surface area contributed by atoms with E-state index in [4.69, 9.17) is 4.74 Å². The number of ether oxygens (including phenoxy) is 1. The molecular formula is C17H28N2O4S. The molecule has 1 aromatic carbocycles. The number of benzene rings is 1. The highest BCUT2D eigenvalue weighted by Gasteiger charge is 2.27. The second-order valence-electron chi connectivity index (χ2n) is 6.48. The van der Waals surface area contributed by atoms with Crippen LogP contribution in [0.4, 0.5) is 0 Å². The van der Waals surface area contributed by atoms with Gasteiger partial charge in [-0.1, -0.05) is 30.3 Å². The lowest BCUT2D eigenvalue weighted by molar-refractivity contribution is -0.0117. The van der Waals surface area contributed by atoms with Crippen LogP contribution in [0.15, 0.2) is 30.3 Å². The smallest absolute Gasteiger partial charge is 0.218 e. The number of aliphatic hydroxyl groups excluding tert-OH is 1. The van der Waals surface area contributed by atoms with E-state index in [9.17, 15) is 13.5 Å². The Hall–Kier alpha value is -0.990. The van der Waals surface area contributed by atoms with Gasteiger partial charge in [0.25, 0.3) is 0 Å². The quantitative estimate of drug-likeness (QED) is 0.750. The zero-order valence-electron chi connectivity index (χ0n) is 14.5. The summed E-state index contributed by atoms with van der Waals surface area (Å²) in [4.78, 5) is 2.09. The summed E-state index contributed by atoms with van der Waals surface area (Å²) in [6.07, 6.45) is -0.445. The lowest BCUT2D eigenvalue weighted by Crippen LogP contribution is -2.51. The highest BCUT2D eigenvalue weighted by atomic mass is 32.2. The molecule has 24 heavy (non-hydrogen) atoms. The summed E-state index contributed by atoms with van der Waals surface area (Å²) in [5.41, 5.74) is 0.807. The van der Waals surface area contributed by atoms with E-state index in [1.165, 1.54) is 0 Å². The van der Waals surface area contributed by atoms with Crippen LogP contribution in [0.5, 0.6) is 0 Å². The van der Waals surface area contributed by atoms with Gasteiger partial charge in [-0.05, 0) is 19.4 Å². The molecule has 1 aliphatic heterocycles. The van der Waals surface area contributed by atoms with Crippen molar-refractivity contribution in [3.8, 4) is 0 Å². The van der Waals surface area contributed by atoms with Crippen molar-refractivity contribution in [3.63, 3.8) is 0 Å². The Morgan fingerprint density at radius 1 is 1.12 bits per heavy atom. The molecule has 1 N–H and O–H groups in total. The van der Waals surface area contributed by atoms with E-state index in [2.05, 4.69) is 4.90 Å². The zero-order valence-corrected chi connectivity index (χ0v) is 15.3. The number of rotatable bonds is 8. The lowest BCUT2D eigenvalue weighted by atomic mass is 10.2. The molecule has 0 aromatic heterocycles. The summed E-state index contributed by atoms with van der Waals surface area (Å²) in [7, 11) is -3.29. The fourth-order valence-electron chi connectivity index (χ4n) is 2.72. The summed E-state index contributed by atoms with van der Waals surface area (Å²) in [6, 6.07) is 9.24. The van der Waals surface area contributed by atoms with Crippen LogP contribution < -0.4 is 0 Å². The van der Waals surface area contributed by atoms with Gasteiger partial charge >= 0.3 is 0 Å². The van der Waals surface area contributed by atoms with Crippen molar-refractivity contribution in [3.05, 3.63) is 35.9 Å². The van der Waals surface area contributed by atoms with E-state index in [0.717, 1.165) is 5.56 Å². The van der Waals surface area contributed by atoms with E-state index in [0.29, 0.717) is 39.3 Å². The topological polar surface area (TPSA) is 70.1 Å². The van der Waals surface area contributed by atoms with Gasteiger partial charge in [-0.2, -0.15) is 4.31 Å². The number of hydrogen-bond acceptors (Lipinski definition) is 5. The van der Waals surface area contributed by atoms with Crippen LogP contribution in [0, 0.1) is 0 Å². The molecule has 0 spiro atoms. The molecule has 1 atom stereocenters. The number of nitrogens with zero attached hydrogens (tertiary/aromatic N) is 2. The van der Waals surface area contributed by atoms with Crippen LogP contribution in [-0.2, 0) is 20.5 Å². The molecule has 1 saturated heterocycles. The molecule has 0 saturated carbocycles. The fourth-order valence-corrected chi connectivity index (χ4v) is 4.24. The van der Waals surface area contributed by atoms with Crippen molar-refractivity contribution >= 4 is 10.0 Å². The molecule has 0 radical (unpaired) electrons. The fraction of sp³-hybridized carbons (Fsp3) is 0.647. The van der Waals surface area contributed by atoms with E-state index in [1.807, 2.05) is 44.2 Å². The zero-order chi connectivity index (χ0) is 17.6. The Morgan fingerprint density at radius 3 is 2.33 bits per heavy atom. The summed E-state index contributed by atoms with van der Waals surface area (Å²) < 4.78 is 32.0. The van der Waals surface area contributed by atoms with Crippen molar-refractivity contribution in [1.82, 2.24) is 9.21 Å². The molecule has 0 bridgehead atoms. The van der Waals surface area contributed by atoms with Gasteiger partial charge in [-0.25, -0.2) is 8.42 Å². The van der Waals surface area contributed by atoms with Crippen molar-refractivity contribution in [2.75, 3.05) is 39.3 Å². The minimum atomic E-state index is -3.29. The molecule has 1 aromatic rings. The van der Waals surface area contributed by atoms with Crippen LogP contribution in [-0.4, -0.2) is 74.3 Å². The minimum absolute atomic E-state index is 0.0404. The third-order valence-corrected chi connectivity index (χ3v) is 5.86. The van der Waals surface area contributed by atoms with Gasteiger partial charge in [0.2, 0.25) is 10.0 Å². The molecule has 6 nitrogen and oxygen atoms in total. The summed E-state index contributed by atoms with van der Waals surface area (Å²) >= 11 is 0. The van der Waals surface area contributed by atoms with Gasteiger partial charge in [0, 0.05) is 32.7 Å². The summed E-state index contributed by atoms with van der Waals surface area (Å²) in [5.74, 6) is 0.0404. The average molecular weight is 356 g/mol. The number of sulfonamides is 1. The van der Waals surface area contributed by atoms with E-state index in [1.54, 1.807) is 4.31 Å². The average Bonchev–Trinajstić information content (AvgIpc) is 2.54. The Balaban J connectivity index is 1.79. The summed E-state index contributed by atoms with van der Waals surface area (Å²) in [6.45, 7) is 6.88. The monoisotopic (exact) mass is 356 g/mol. The highest BCUT2D eigenvalue weighted by Crippen LogP contribution is 2.13. The van der Waals surface area contributed by atoms with Crippen molar-refractivity contribution in [2.24, 2.45) is 0 Å². The first-order valence-corrected chi connectivity index (χ1v) is 10.0. The predicted octanol–water partition coefficient (Wildman–Crippen LogP) is 0.920. The van der Waals surface area contributed by atoms with Crippen LogP contribution in [0.1, 0.15) is 19.4 Å². The van der Waals surface area contributed by atoms with Crippen molar-refractivity contribution in [2.45, 2.75) is 31.8 Å². The number of hydrogen-bond donors (Lipinski definition) is 1. The summed E-state index contributed by atoms with van der Waals surface area (Å²) in [5, 5.41) is 9.97. The van der Waals surface area contributed by atoms with Gasteiger partial charge in [0.05, 0.1) is 24.6 Å². The lowest BCUT2D eigenvalue weighted by Gasteiger charge is -2.35. The normalized spacial score (nSPS) is 18.8. The van der Waals surface area contributed by atoms with Gasteiger partial charge in [-0.15, -0.1) is 0 Å². The Morgan fingerprint density at radius 2 is 1.75 bits per heavy atom. The molecule has 7 heteroatoms. The number of aliphatic hydroxyl groups is 1. The van der Waals surface area contributed by atoms with Gasteiger partial charge in [-0.3, -0.25) is 4.90 Å². The largest absolute Gasteiger partial charge is 0.389 e. The van der Waals surface area contributed by atoms with Crippen molar-refractivity contribution in [1.29, 1.82) is 0 Å². The second kappa shape index (κ2) is 8.92. The SMILES string of the molecule is CC(C)OCC(O)CN1CCN(S(=O)(=O)Cc2ccccc2)CC1. The van der Waals surface area contributed by atoms with Crippen LogP contribution in [0.3, 0.4) is 0 Å². The van der Waals surface area contributed by atoms with Gasteiger partial charge in [0.1, 0.15) is 0 Å². The molecule has 2 rings (SSSR count). The van der Waals surface area contributed by atoms with Crippen LogP contribution in [0.2, 0.25) is 0 Å². The molecule has 136 valence electrons. The molecule has 0 amide bonds. The Bertz CT molecular complexity index is 584. The van der Waals surface area contributed by atoms with Crippen molar-refractivity contribution < 1.29 is 18.3 Å². The van der Waals surface area contributed by atoms with Gasteiger partial charge < -0.3 is 9.84 Å². The highest BCUT2D eigenvalue weighted by molar-refractivity contribution is 7.88. The number of piperazine rings is 1.